The Labute approximate surface area is 229 Å². The number of halogens is 1. The number of ether oxygens (including phenoxy) is 2. The molecule has 0 unspecified atom stereocenters. The van der Waals surface area contributed by atoms with E-state index in [0.29, 0.717) is 45.7 Å². The fourth-order valence-corrected chi connectivity index (χ4v) is 5.52. The molecular weight excluding hydrogens is 499 g/mol. The average Bonchev–Trinajstić information content (AvgIpc) is 2.96. The van der Waals surface area contributed by atoms with Crippen LogP contribution >= 0.6 is 0 Å². The van der Waals surface area contributed by atoms with E-state index in [1.54, 1.807) is 12.1 Å². The van der Waals surface area contributed by atoms with Crippen molar-refractivity contribution in [1.29, 1.82) is 0 Å². The highest BCUT2D eigenvalue weighted by Gasteiger charge is 2.42. The number of nitrogens with one attached hydrogen (secondary N) is 1. The maximum absolute atomic E-state index is 13.6. The van der Waals surface area contributed by atoms with Crippen LogP contribution in [0.3, 0.4) is 0 Å². The Morgan fingerprint density at radius 3 is 2.64 bits per heavy atom. The van der Waals surface area contributed by atoms with Gasteiger partial charge >= 0.3 is 5.97 Å². The number of aromatic nitrogens is 1. The molecule has 0 radical (unpaired) electrons. The minimum absolute atomic E-state index is 0.0549. The van der Waals surface area contributed by atoms with Gasteiger partial charge in [-0.1, -0.05) is 24.8 Å². The third-order valence-corrected chi connectivity index (χ3v) is 7.88. The summed E-state index contributed by atoms with van der Waals surface area (Å²) < 4.78 is 24.8. The Kier molecular flexibility index (Phi) is 10.2. The van der Waals surface area contributed by atoms with Gasteiger partial charge in [-0.25, -0.2) is 9.37 Å². The Morgan fingerprint density at radius 2 is 1.90 bits per heavy atom. The van der Waals surface area contributed by atoms with Crippen molar-refractivity contribution in [2.45, 2.75) is 63.2 Å². The van der Waals surface area contributed by atoms with Crippen LogP contribution in [-0.2, 0) is 37.3 Å². The summed E-state index contributed by atoms with van der Waals surface area (Å²) in [5.74, 6) is -1.28. The number of pyridine rings is 1. The van der Waals surface area contributed by atoms with Gasteiger partial charge in [0.1, 0.15) is 11.6 Å². The number of rotatable bonds is 14. The van der Waals surface area contributed by atoms with Crippen LogP contribution in [0.2, 0.25) is 0 Å². The first kappa shape index (κ1) is 28.9. The number of aryl methyl sites for hydroxylation is 2. The minimum atomic E-state index is -0.970. The lowest BCUT2D eigenvalue weighted by Crippen LogP contribution is -2.42. The number of fused-ring (bicyclic) bond motifs is 1. The summed E-state index contributed by atoms with van der Waals surface area (Å²) in [5, 5.41) is 13.2. The first-order valence-corrected chi connectivity index (χ1v) is 14.0. The summed E-state index contributed by atoms with van der Waals surface area (Å²) in [5.41, 5.74) is 2.48. The zero-order valence-electron chi connectivity index (χ0n) is 22.6. The fourth-order valence-electron chi connectivity index (χ4n) is 5.52. The van der Waals surface area contributed by atoms with Gasteiger partial charge in [-0.3, -0.25) is 9.59 Å². The summed E-state index contributed by atoms with van der Waals surface area (Å²) in [6.45, 7) is 6.62. The smallest absolute Gasteiger partial charge is 0.306 e. The number of Topliss-reactive ketones (excluding diaryl/α,β-unsaturated/α-hetero) is 1. The number of carboxylic acid groups (broad SMARTS) is 1. The van der Waals surface area contributed by atoms with E-state index in [4.69, 9.17) is 14.5 Å². The monoisotopic (exact) mass is 538 g/mol. The van der Waals surface area contributed by atoms with E-state index in [-0.39, 0.29) is 23.6 Å². The molecule has 1 aromatic carbocycles. The maximum atomic E-state index is 13.6. The molecule has 1 saturated heterocycles. The van der Waals surface area contributed by atoms with Crippen LogP contribution in [0.5, 0.6) is 0 Å². The van der Waals surface area contributed by atoms with Crippen molar-refractivity contribution in [2.24, 2.45) is 5.92 Å². The molecule has 2 aliphatic heterocycles. The predicted octanol–water partition coefficient (Wildman–Crippen LogP) is 5.27. The Bertz CT molecular complexity index is 1140. The van der Waals surface area contributed by atoms with Gasteiger partial charge in [0.15, 0.2) is 5.78 Å². The van der Waals surface area contributed by atoms with Crippen LogP contribution in [-0.4, -0.2) is 54.8 Å². The SMILES string of the molecule is C=C(C[C@@H](CCOCCCCc1ccc2c(n1)NCCC2)C(=O)O)C(=O)C1(c2ccc(F)cc2)CCOCC1. The number of aliphatic carboxylic acids is 1. The molecule has 7 nitrogen and oxygen atoms in total. The number of carboxylic acids is 1. The number of hydrogen-bond acceptors (Lipinski definition) is 6. The van der Waals surface area contributed by atoms with Gasteiger partial charge in [-0.15, -0.1) is 0 Å². The zero-order valence-corrected chi connectivity index (χ0v) is 22.6. The second-order valence-corrected chi connectivity index (χ2v) is 10.6. The van der Waals surface area contributed by atoms with Crippen LogP contribution < -0.4 is 5.32 Å². The minimum Gasteiger partial charge on any atom is -0.481 e. The number of unbranched alkanes of at least 4 members (excludes halogenated alkanes) is 1. The van der Waals surface area contributed by atoms with Crippen molar-refractivity contribution >= 4 is 17.6 Å². The van der Waals surface area contributed by atoms with E-state index in [1.165, 1.54) is 17.7 Å². The Morgan fingerprint density at radius 1 is 1.13 bits per heavy atom. The molecule has 210 valence electrons. The summed E-state index contributed by atoms with van der Waals surface area (Å²) in [7, 11) is 0. The van der Waals surface area contributed by atoms with Crippen molar-refractivity contribution in [2.75, 3.05) is 38.3 Å². The molecule has 0 bridgehead atoms. The van der Waals surface area contributed by atoms with Crippen LogP contribution in [0.15, 0.2) is 48.6 Å². The highest BCUT2D eigenvalue weighted by atomic mass is 19.1. The van der Waals surface area contributed by atoms with E-state index < -0.39 is 17.3 Å². The van der Waals surface area contributed by atoms with Crippen molar-refractivity contribution < 1.29 is 28.6 Å². The summed E-state index contributed by atoms with van der Waals surface area (Å²) in [6.07, 6.45) is 6.15. The number of carbonyl (C=O) groups excluding carboxylic acids is 1. The molecule has 0 spiro atoms. The number of nitrogens with zero attached hydrogens (tertiary/aromatic N) is 1. The second kappa shape index (κ2) is 13.8. The lowest BCUT2D eigenvalue weighted by Gasteiger charge is -2.37. The predicted molar refractivity (Wildman–Crippen MR) is 147 cm³/mol. The first-order valence-electron chi connectivity index (χ1n) is 14.0. The second-order valence-electron chi connectivity index (χ2n) is 10.6. The summed E-state index contributed by atoms with van der Waals surface area (Å²) >= 11 is 0. The number of allylic oxidation sites excluding steroid dienone is 1. The van der Waals surface area contributed by atoms with E-state index in [2.05, 4.69) is 24.0 Å². The molecule has 39 heavy (non-hydrogen) atoms. The fraction of sp³-hybridized carbons (Fsp3) is 0.516. The van der Waals surface area contributed by atoms with Gasteiger partial charge in [0.25, 0.3) is 0 Å². The van der Waals surface area contributed by atoms with Gasteiger partial charge < -0.3 is 19.9 Å². The lowest BCUT2D eigenvalue weighted by molar-refractivity contribution is -0.142. The molecule has 1 atom stereocenters. The van der Waals surface area contributed by atoms with Crippen LogP contribution in [0, 0.1) is 11.7 Å². The lowest BCUT2D eigenvalue weighted by atomic mass is 9.68. The molecule has 2 aromatic rings. The number of carbonyl (C=O) groups is 2. The van der Waals surface area contributed by atoms with E-state index in [1.807, 2.05) is 0 Å². The normalized spacial score (nSPS) is 17.1. The van der Waals surface area contributed by atoms with Crippen LogP contribution in [0.4, 0.5) is 10.2 Å². The molecule has 4 rings (SSSR count). The van der Waals surface area contributed by atoms with Gasteiger partial charge in [0.05, 0.1) is 11.3 Å². The Balaban J connectivity index is 1.22. The van der Waals surface area contributed by atoms with Crippen molar-refractivity contribution in [3.05, 3.63) is 71.2 Å². The number of benzene rings is 1. The van der Waals surface area contributed by atoms with Crippen LogP contribution in [0.25, 0.3) is 0 Å². The molecule has 2 N–H and O–H groups in total. The van der Waals surface area contributed by atoms with E-state index in [9.17, 15) is 19.1 Å². The van der Waals surface area contributed by atoms with Gasteiger partial charge in [-0.2, -0.15) is 0 Å². The van der Waals surface area contributed by atoms with Crippen molar-refractivity contribution in [3.63, 3.8) is 0 Å². The number of hydrogen-bond donors (Lipinski definition) is 2. The third kappa shape index (κ3) is 7.51. The standard InChI is InChI=1S/C31H39FN2O5/c1-22(28(35)31(14-19-39-20-15-31)25-8-10-26(32)11-9-25)21-24(30(36)37)13-18-38-17-3-2-6-27-12-7-23-5-4-16-33-29(23)34-27/h7-12,24H,1-6,13-21H2,(H,33,34)(H,36,37)/t24-/m1/s1. The molecule has 2 aliphatic rings. The molecule has 3 heterocycles. The molecule has 0 aliphatic carbocycles. The Hall–Kier alpha value is -3.10. The number of ketones is 1. The average molecular weight is 539 g/mol. The van der Waals surface area contributed by atoms with Crippen LogP contribution in [0.1, 0.15) is 61.8 Å². The van der Waals surface area contributed by atoms with Crippen molar-refractivity contribution in [3.8, 4) is 0 Å². The third-order valence-electron chi connectivity index (χ3n) is 7.88. The number of anilines is 1. The van der Waals surface area contributed by atoms with Gasteiger partial charge in [0.2, 0.25) is 0 Å². The van der Waals surface area contributed by atoms with E-state index >= 15 is 0 Å². The summed E-state index contributed by atoms with van der Waals surface area (Å²) in [6, 6.07) is 10.2. The molecule has 0 amide bonds. The van der Waals surface area contributed by atoms with E-state index in [0.717, 1.165) is 55.7 Å². The highest BCUT2D eigenvalue weighted by molar-refractivity contribution is 6.03. The topological polar surface area (TPSA) is 97.8 Å². The molecular formula is C31H39FN2O5. The maximum Gasteiger partial charge on any atom is 0.306 e. The van der Waals surface area contributed by atoms with Gasteiger partial charge in [0, 0.05) is 38.7 Å². The molecule has 1 fully saturated rings. The van der Waals surface area contributed by atoms with Crippen molar-refractivity contribution in [1.82, 2.24) is 4.98 Å². The molecule has 0 saturated carbocycles. The molecule has 1 aromatic heterocycles. The largest absolute Gasteiger partial charge is 0.481 e. The van der Waals surface area contributed by atoms with Gasteiger partial charge in [-0.05, 0) is 92.7 Å². The zero-order chi connectivity index (χ0) is 27.7. The highest BCUT2D eigenvalue weighted by Crippen LogP contribution is 2.39. The molecule has 8 heteroatoms. The summed E-state index contributed by atoms with van der Waals surface area (Å²) in [4.78, 5) is 30.3. The quantitative estimate of drug-likeness (QED) is 0.250. The first-order chi connectivity index (χ1) is 18.9.